The maximum Gasteiger partial charge on any atom is 0.230 e. The van der Waals surface area contributed by atoms with Crippen molar-refractivity contribution in [3.8, 4) is 17.1 Å². The molecule has 3 aromatic carbocycles. The quantitative estimate of drug-likeness (QED) is 0.324. The minimum atomic E-state index is -0.0999. The number of pyridine rings is 1. The molecule has 0 aliphatic carbocycles. The van der Waals surface area contributed by atoms with Gasteiger partial charge in [0.25, 0.3) is 0 Å². The number of rotatable bonds is 7. The first-order valence-corrected chi connectivity index (χ1v) is 12.0. The van der Waals surface area contributed by atoms with Gasteiger partial charge >= 0.3 is 0 Å². The number of thioether (sulfide) groups is 1. The summed E-state index contributed by atoms with van der Waals surface area (Å²) in [6.07, 6.45) is 3.46. The van der Waals surface area contributed by atoms with Crippen molar-refractivity contribution in [2.75, 3.05) is 5.75 Å². The number of aromatic nitrogens is 4. The first-order chi connectivity index (χ1) is 16.7. The number of nitrogens with one attached hydrogen (secondary N) is 1. The number of hydrogen-bond acceptors (Lipinski definition) is 5. The second-order valence-corrected chi connectivity index (χ2v) is 8.84. The molecule has 0 aliphatic rings. The lowest BCUT2D eigenvalue weighted by Gasteiger charge is -2.15. The van der Waals surface area contributed by atoms with E-state index in [9.17, 15) is 4.79 Å². The minimum Gasteiger partial charge on any atom is -0.349 e. The molecule has 0 saturated heterocycles. The molecule has 2 heterocycles. The van der Waals surface area contributed by atoms with Gasteiger partial charge < -0.3 is 5.32 Å². The molecule has 0 fully saturated rings. The lowest BCUT2D eigenvalue weighted by atomic mass is 10.0. The van der Waals surface area contributed by atoms with E-state index in [1.807, 2.05) is 66.1 Å². The standard InChI is InChI=1S/C27H23N5OS/c1-19(22-12-11-20-7-5-6-8-23(20)17-22)29-25(33)18-34-27-31-30-26(21-13-15-28-16-14-21)32(27)24-9-3-2-4-10-24/h2-17,19H,18H2,1H3,(H,29,33). The lowest BCUT2D eigenvalue weighted by Crippen LogP contribution is -2.28. The van der Waals surface area contributed by atoms with Crippen molar-refractivity contribution in [1.29, 1.82) is 0 Å². The van der Waals surface area contributed by atoms with E-state index in [0.717, 1.165) is 22.2 Å². The summed E-state index contributed by atoms with van der Waals surface area (Å²) in [7, 11) is 0. The van der Waals surface area contributed by atoms with Crippen LogP contribution in [0.2, 0.25) is 0 Å². The highest BCUT2D eigenvalue weighted by atomic mass is 32.2. The van der Waals surface area contributed by atoms with Crippen LogP contribution in [0.25, 0.3) is 27.8 Å². The summed E-state index contributed by atoms with van der Waals surface area (Å²) >= 11 is 1.37. The number of fused-ring (bicyclic) bond motifs is 1. The molecule has 0 bridgehead atoms. The van der Waals surface area contributed by atoms with E-state index < -0.39 is 0 Å². The van der Waals surface area contributed by atoms with E-state index in [2.05, 4.69) is 50.8 Å². The van der Waals surface area contributed by atoms with Crippen molar-refractivity contribution in [1.82, 2.24) is 25.1 Å². The van der Waals surface area contributed by atoms with Gasteiger partial charge in [0.2, 0.25) is 5.91 Å². The topological polar surface area (TPSA) is 72.7 Å². The van der Waals surface area contributed by atoms with Crippen LogP contribution in [0.4, 0.5) is 0 Å². The highest BCUT2D eigenvalue weighted by Gasteiger charge is 2.18. The Bertz CT molecular complexity index is 1420. The average Bonchev–Trinajstić information content (AvgIpc) is 3.32. The molecule has 34 heavy (non-hydrogen) atoms. The van der Waals surface area contributed by atoms with Gasteiger partial charge in [0.05, 0.1) is 11.8 Å². The lowest BCUT2D eigenvalue weighted by molar-refractivity contribution is -0.119. The van der Waals surface area contributed by atoms with Gasteiger partial charge in [0.1, 0.15) is 0 Å². The monoisotopic (exact) mass is 465 g/mol. The van der Waals surface area contributed by atoms with Crippen LogP contribution in [0, 0.1) is 0 Å². The number of amides is 1. The summed E-state index contributed by atoms with van der Waals surface area (Å²) < 4.78 is 1.97. The Kier molecular flexibility index (Phi) is 6.35. The van der Waals surface area contributed by atoms with Crippen LogP contribution >= 0.6 is 11.8 Å². The zero-order valence-corrected chi connectivity index (χ0v) is 19.4. The van der Waals surface area contributed by atoms with Crippen LogP contribution in [0.15, 0.2) is 102 Å². The molecule has 5 aromatic rings. The van der Waals surface area contributed by atoms with Crippen LogP contribution in [-0.2, 0) is 4.79 Å². The largest absolute Gasteiger partial charge is 0.349 e. The highest BCUT2D eigenvalue weighted by molar-refractivity contribution is 7.99. The van der Waals surface area contributed by atoms with Gasteiger partial charge in [0, 0.05) is 23.6 Å². The maximum absolute atomic E-state index is 12.8. The molecule has 1 unspecified atom stereocenters. The van der Waals surface area contributed by atoms with Crippen LogP contribution in [0.1, 0.15) is 18.5 Å². The van der Waals surface area contributed by atoms with Crippen molar-refractivity contribution in [3.05, 3.63) is 103 Å². The van der Waals surface area contributed by atoms with E-state index in [1.165, 1.54) is 17.1 Å². The van der Waals surface area contributed by atoms with Gasteiger partial charge in [-0.25, -0.2) is 0 Å². The molecule has 0 aliphatic heterocycles. The van der Waals surface area contributed by atoms with Gasteiger partial charge in [-0.1, -0.05) is 66.4 Å². The van der Waals surface area contributed by atoms with Crippen molar-refractivity contribution < 1.29 is 4.79 Å². The smallest absolute Gasteiger partial charge is 0.230 e. The predicted molar refractivity (Wildman–Crippen MR) is 136 cm³/mol. The first-order valence-electron chi connectivity index (χ1n) is 11.0. The molecule has 0 saturated carbocycles. The Balaban J connectivity index is 1.32. The van der Waals surface area contributed by atoms with Crippen LogP contribution in [0.3, 0.4) is 0 Å². The van der Waals surface area contributed by atoms with Crippen molar-refractivity contribution in [2.24, 2.45) is 0 Å². The number of nitrogens with zero attached hydrogens (tertiary/aromatic N) is 4. The van der Waals surface area contributed by atoms with Crippen molar-refractivity contribution in [2.45, 2.75) is 18.1 Å². The molecular weight excluding hydrogens is 442 g/mol. The molecule has 5 rings (SSSR count). The van der Waals surface area contributed by atoms with Crippen LogP contribution in [0.5, 0.6) is 0 Å². The second-order valence-electron chi connectivity index (χ2n) is 7.90. The molecule has 0 radical (unpaired) electrons. The second kappa shape index (κ2) is 9.89. The Hall–Kier alpha value is -3.97. The summed E-state index contributed by atoms with van der Waals surface area (Å²) in [5.74, 6) is 0.888. The fourth-order valence-electron chi connectivity index (χ4n) is 3.83. The maximum atomic E-state index is 12.8. The Morgan fingerprint density at radius 3 is 2.44 bits per heavy atom. The molecule has 6 nitrogen and oxygen atoms in total. The zero-order chi connectivity index (χ0) is 23.3. The number of carbonyl (C=O) groups excluding carboxylic acids is 1. The molecule has 7 heteroatoms. The fraction of sp³-hybridized carbons (Fsp3) is 0.111. The van der Waals surface area contributed by atoms with E-state index in [4.69, 9.17) is 0 Å². The van der Waals surface area contributed by atoms with Crippen LogP contribution in [-0.4, -0.2) is 31.4 Å². The number of para-hydroxylation sites is 1. The van der Waals surface area contributed by atoms with Gasteiger partial charge in [-0.05, 0) is 53.6 Å². The normalized spacial score (nSPS) is 11.9. The highest BCUT2D eigenvalue weighted by Crippen LogP contribution is 2.28. The number of benzene rings is 3. The van der Waals surface area contributed by atoms with Crippen LogP contribution < -0.4 is 5.32 Å². The summed E-state index contributed by atoms with van der Waals surface area (Å²) in [5, 5.41) is 14.9. The van der Waals surface area contributed by atoms with Crippen molar-refractivity contribution >= 4 is 28.4 Å². The summed E-state index contributed by atoms with van der Waals surface area (Å²) in [6.45, 7) is 2.00. The Morgan fingerprint density at radius 2 is 1.65 bits per heavy atom. The fourth-order valence-corrected chi connectivity index (χ4v) is 4.60. The van der Waals surface area contributed by atoms with Gasteiger partial charge in [0.15, 0.2) is 11.0 Å². The average molecular weight is 466 g/mol. The molecule has 2 aromatic heterocycles. The molecule has 168 valence electrons. The van der Waals surface area contributed by atoms with Gasteiger partial charge in [-0.15, -0.1) is 10.2 Å². The molecule has 1 amide bonds. The third-order valence-corrected chi connectivity index (χ3v) is 6.50. The SMILES string of the molecule is CC(NC(=O)CSc1nnc(-c2ccncc2)n1-c1ccccc1)c1ccc2ccccc2c1. The van der Waals surface area contributed by atoms with Crippen molar-refractivity contribution in [3.63, 3.8) is 0 Å². The summed E-state index contributed by atoms with van der Waals surface area (Å²) in [5.41, 5.74) is 2.92. The zero-order valence-electron chi connectivity index (χ0n) is 18.6. The van der Waals surface area contributed by atoms with E-state index >= 15 is 0 Å². The summed E-state index contributed by atoms with van der Waals surface area (Å²) in [4.78, 5) is 16.9. The van der Waals surface area contributed by atoms with E-state index in [1.54, 1.807) is 12.4 Å². The minimum absolute atomic E-state index is 0.0567. The Morgan fingerprint density at radius 1 is 0.912 bits per heavy atom. The molecule has 0 spiro atoms. The third kappa shape index (κ3) is 4.70. The van der Waals surface area contributed by atoms with Gasteiger partial charge in [-0.2, -0.15) is 0 Å². The molecule has 1 atom stereocenters. The Labute approximate surface area is 202 Å². The number of hydrogen-bond donors (Lipinski definition) is 1. The predicted octanol–water partition coefficient (Wildman–Crippen LogP) is 5.45. The number of carbonyl (C=O) groups is 1. The van der Waals surface area contributed by atoms with E-state index in [-0.39, 0.29) is 17.7 Å². The molecule has 1 N–H and O–H groups in total. The first kappa shape index (κ1) is 21.9. The summed E-state index contributed by atoms with van der Waals surface area (Å²) in [6, 6.07) is 28.1. The van der Waals surface area contributed by atoms with E-state index in [0.29, 0.717) is 11.0 Å². The molecular formula is C27H23N5OS. The van der Waals surface area contributed by atoms with Gasteiger partial charge in [-0.3, -0.25) is 14.3 Å². The third-order valence-electron chi connectivity index (χ3n) is 5.57.